The largest absolute Gasteiger partial charge is 0.497 e. The quantitative estimate of drug-likeness (QED) is 0.668. The fraction of sp³-hybridized carbons (Fsp3) is 0.444. The molecule has 3 rings (SSSR count). The van der Waals surface area contributed by atoms with E-state index in [1.807, 2.05) is 35.0 Å². The molecular weight excluding hydrogens is 336 g/mol. The fourth-order valence-electron chi connectivity index (χ4n) is 3.01. The maximum absolute atomic E-state index is 12.0. The SMILES string of the molecule is COc1ccc(C[C@H]2NC[C@H](O)[C@H]2OC(=O)NCCn2ccnc2)cc1. The number of aromatic nitrogens is 2. The average molecular weight is 360 g/mol. The van der Waals surface area contributed by atoms with Crippen LogP contribution in [-0.2, 0) is 17.7 Å². The van der Waals surface area contributed by atoms with E-state index < -0.39 is 18.3 Å². The Morgan fingerprint density at radius 2 is 2.23 bits per heavy atom. The van der Waals surface area contributed by atoms with Gasteiger partial charge >= 0.3 is 6.09 Å². The van der Waals surface area contributed by atoms with Gasteiger partial charge in [-0.3, -0.25) is 0 Å². The van der Waals surface area contributed by atoms with Gasteiger partial charge in [0.2, 0.25) is 0 Å². The van der Waals surface area contributed by atoms with Crippen LogP contribution in [0.3, 0.4) is 0 Å². The molecule has 0 aliphatic carbocycles. The molecule has 0 saturated carbocycles. The summed E-state index contributed by atoms with van der Waals surface area (Å²) in [5.74, 6) is 0.790. The molecule has 8 nitrogen and oxygen atoms in total. The molecule has 140 valence electrons. The molecule has 3 atom stereocenters. The van der Waals surface area contributed by atoms with Gasteiger partial charge in [-0.2, -0.15) is 0 Å². The minimum absolute atomic E-state index is 0.141. The number of imidazole rings is 1. The van der Waals surface area contributed by atoms with E-state index in [9.17, 15) is 9.90 Å². The van der Waals surface area contributed by atoms with Gasteiger partial charge in [-0.25, -0.2) is 9.78 Å². The number of alkyl carbamates (subject to hydrolysis) is 1. The summed E-state index contributed by atoms with van der Waals surface area (Å²) in [7, 11) is 1.62. The lowest BCUT2D eigenvalue weighted by atomic mass is 10.0. The number of ether oxygens (including phenoxy) is 2. The van der Waals surface area contributed by atoms with E-state index in [1.54, 1.807) is 19.6 Å². The van der Waals surface area contributed by atoms with Gasteiger partial charge in [-0.05, 0) is 24.1 Å². The van der Waals surface area contributed by atoms with Crippen LogP contribution in [0.25, 0.3) is 0 Å². The molecule has 1 aromatic carbocycles. The number of aliphatic hydroxyl groups excluding tert-OH is 1. The van der Waals surface area contributed by atoms with Crippen molar-refractivity contribution in [2.24, 2.45) is 0 Å². The molecule has 2 aromatic rings. The topological polar surface area (TPSA) is 97.6 Å². The molecule has 26 heavy (non-hydrogen) atoms. The number of hydrogen-bond donors (Lipinski definition) is 3. The monoisotopic (exact) mass is 360 g/mol. The van der Waals surface area contributed by atoms with Crippen LogP contribution in [-0.4, -0.2) is 59.2 Å². The summed E-state index contributed by atoms with van der Waals surface area (Å²) < 4.78 is 12.5. The van der Waals surface area contributed by atoms with Crippen molar-refractivity contribution in [3.05, 3.63) is 48.5 Å². The Morgan fingerprint density at radius 1 is 1.42 bits per heavy atom. The Balaban J connectivity index is 1.50. The van der Waals surface area contributed by atoms with Gasteiger partial charge < -0.3 is 29.8 Å². The molecule has 1 aromatic heterocycles. The van der Waals surface area contributed by atoms with E-state index in [4.69, 9.17) is 9.47 Å². The third-order valence-electron chi connectivity index (χ3n) is 4.42. The highest BCUT2D eigenvalue weighted by Crippen LogP contribution is 2.19. The van der Waals surface area contributed by atoms with Crippen LogP contribution in [0, 0.1) is 0 Å². The second-order valence-corrected chi connectivity index (χ2v) is 6.23. The Kier molecular flexibility index (Phi) is 6.08. The summed E-state index contributed by atoms with van der Waals surface area (Å²) in [6, 6.07) is 7.57. The first kappa shape index (κ1) is 18.2. The predicted molar refractivity (Wildman–Crippen MR) is 95.0 cm³/mol. The van der Waals surface area contributed by atoms with Gasteiger partial charge in [0.25, 0.3) is 0 Å². The van der Waals surface area contributed by atoms with Gasteiger partial charge in [0.05, 0.1) is 19.5 Å². The zero-order chi connectivity index (χ0) is 18.4. The molecule has 0 radical (unpaired) electrons. The van der Waals surface area contributed by atoms with E-state index >= 15 is 0 Å². The number of β-amino-alcohol motifs (C(OH)–C–C–N with tert-alkyl or cyclic N) is 1. The Bertz CT molecular complexity index is 690. The Hall–Kier alpha value is -2.58. The van der Waals surface area contributed by atoms with Gasteiger partial charge in [0.1, 0.15) is 18.0 Å². The second-order valence-electron chi connectivity index (χ2n) is 6.23. The molecule has 8 heteroatoms. The number of carbonyl (C=O) groups excluding carboxylic acids is 1. The number of methoxy groups -OCH3 is 1. The van der Waals surface area contributed by atoms with Crippen LogP contribution < -0.4 is 15.4 Å². The van der Waals surface area contributed by atoms with Crippen molar-refractivity contribution in [3.8, 4) is 5.75 Å². The van der Waals surface area contributed by atoms with Crippen LogP contribution in [0.2, 0.25) is 0 Å². The first-order valence-electron chi connectivity index (χ1n) is 8.60. The van der Waals surface area contributed by atoms with Crippen molar-refractivity contribution < 1.29 is 19.4 Å². The van der Waals surface area contributed by atoms with Crippen LogP contribution >= 0.6 is 0 Å². The third-order valence-corrected chi connectivity index (χ3v) is 4.42. The predicted octanol–water partition coefficient (Wildman–Crippen LogP) is 0.562. The summed E-state index contributed by atoms with van der Waals surface area (Å²) in [5.41, 5.74) is 1.08. The smallest absolute Gasteiger partial charge is 0.407 e. The van der Waals surface area contributed by atoms with Crippen molar-refractivity contribution >= 4 is 6.09 Å². The maximum atomic E-state index is 12.0. The van der Waals surface area contributed by atoms with Crippen molar-refractivity contribution in [2.45, 2.75) is 31.2 Å². The standard InChI is InChI=1S/C18H24N4O4/c1-25-14-4-2-13(3-5-14)10-15-17(16(23)11-21-15)26-18(24)20-7-9-22-8-6-19-12-22/h2-6,8,12,15-17,21,23H,7,9-11H2,1H3,(H,20,24)/t15-,16+,17+/m1/s1. The Labute approximate surface area is 152 Å². The summed E-state index contributed by atoms with van der Waals surface area (Å²) in [6.45, 7) is 1.43. The Morgan fingerprint density at radius 3 is 2.92 bits per heavy atom. The zero-order valence-electron chi connectivity index (χ0n) is 14.7. The maximum Gasteiger partial charge on any atom is 0.407 e. The highest BCUT2D eigenvalue weighted by atomic mass is 16.6. The van der Waals surface area contributed by atoms with Crippen molar-refractivity contribution in [3.63, 3.8) is 0 Å². The molecule has 0 spiro atoms. The minimum Gasteiger partial charge on any atom is -0.497 e. The number of hydrogen-bond acceptors (Lipinski definition) is 6. The highest BCUT2D eigenvalue weighted by Gasteiger charge is 2.37. The number of carbonyl (C=O) groups is 1. The zero-order valence-corrected chi connectivity index (χ0v) is 14.7. The van der Waals surface area contributed by atoms with E-state index in [0.717, 1.165) is 11.3 Å². The lowest BCUT2D eigenvalue weighted by molar-refractivity contribution is 0.0189. The number of rotatable bonds is 7. The molecule has 3 N–H and O–H groups in total. The second kappa shape index (κ2) is 8.68. The average Bonchev–Trinajstić information content (AvgIpc) is 3.28. The molecular formula is C18H24N4O4. The number of amides is 1. The van der Waals surface area contributed by atoms with Crippen molar-refractivity contribution in [1.82, 2.24) is 20.2 Å². The van der Waals surface area contributed by atoms with E-state index in [0.29, 0.717) is 26.1 Å². The van der Waals surface area contributed by atoms with Crippen molar-refractivity contribution in [2.75, 3.05) is 20.2 Å². The molecule has 1 fully saturated rings. The summed E-state index contributed by atoms with van der Waals surface area (Å²) in [5, 5.41) is 16.1. The normalized spacial score (nSPS) is 22.2. The van der Waals surface area contributed by atoms with Gasteiger partial charge in [0, 0.05) is 32.0 Å². The number of nitrogens with one attached hydrogen (secondary N) is 2. The first-order chi connectivity index (χ1) is 12.7. The van der Waals surface area contributed by atoms with Gasteiger partial charge in [-0.1, -0.05) is 12.1 Å². The lowest BCUT2D eigenvalue weighted by Crippen LogP contribution is -2.42. The van der Waals surface area contributed by atoms with E-state index in [1.165, 1.54) is 0 Å². The van der Waals surface area contributed by atoms with Crippen LogP contribution in [0.5, 0.6) is 5.75 Å². The summed E-state index contributed by atoms with van der Waals surface area (Å²) >= 11 is 0. The van der Waals surface area contributed by atoms with Gasteiger partial charge in [0.15, 0.2) is 0 Å². The minimum atomic E-state index is -0.724. The fourth-order valence-corrected chi connectivity index (χ4v) is 3.01. The molecule has 2 heterocycles. The number of aliphatic hydroxyl groups is 1. The number of benzene rings is 1. The van der Waals surface area contributed by atoms with Gasteiger partial charge in [-0.15, -0.1) is 0 Å². The summed E-state index contributed by atoms with van der Waals surface area (Å²) in [6.07, 6.45) is 3.99. The first-order valence-corrected chi connectivity index (χ1v) is 8.60. The third kappa shape index (κ3) is 4.74. The number of nitrogens with zero attached hydrogens (tertiary/aromatic N) is 2. The van der Waals surface area contributed by atoms with Crippen LogP contribution in [0.15, 0.2) is 43.0 Å². The molecule has 1 aliphatic rings. The lowest BCUT2D eigenvalue weighted by Gasteiger charge is -2.22. The van der Waals surface area contributed by atoms with Crippen LogP contribution in [0.1, 0.15) is 5.56 Å². The molecule has 1 aliphatic heterocycles. The summed E-state index contributed by atoms with van der Waals surface area (Å²) in [4.78, 5) is 16.0. The van der Waals surface area contributed by atoms with E-state index in [2.05, 4.69) is 15.6 Å². The highest BCUT2D eigenvalue weighted by molar-refractivity contribution is 5.67. The molecule has 0 unspecified atom stereocenters. The molecule has 1 amide bonds. The van der Waals surface area contributed by atoms with Crippen molar-refractivity contribution in [1.29, 1.82) is 0 Å². The van der Waals surface area contributed by atoms with Crippen LogP contribution in [0.4, 0.5) is 4.79 Å². The molecule has 1 saturated heterocycles. The van der Waals surface area contributed by atoms with E-state index in [-0.39, 0.29) is 6.04 Å². The molecule has 0 bridgehead atoms.